The Morgan fingerprint density at radius 3 is 2.34 bits per heavy atom. The SMILES string of the molecule is CCNC(=NCc1ccc(Cn2ccccc2=O)cc1)Nc1ccc(OC)c(OC)c1.I. The van der Waals surface area contributed by atoms with Crippen molar-refractivity contribution in [2.24, 2.45) is 4.99 Å². The van der Waals surface area contributed by atoms with E-state index in [9.17, 15) is 4.79 Å². The van der Waals surface area contributed by atoms with Gasteiger partial charge < -0.3 is 24.7 Å². The lowest BCUT2D eigenvalue weighted by molar-refractivity contribution is 0.355. The number of guanidine groups is 1. The highest BCUT2D eigenvalue weighted by atomic mass is 127. The van der Waals surface area contributed by atoms with Crippen LogP contribution in [0.3, 0.4) is 0 Å². The zero-order valence-corrected chi connectivity index (χ0v) is 20.8. The van der Waals surface area contributed by atoms with Crippen LogP contribution < -0.4 is 25.7 Å². The Morgan fingerprint density at radius 2 is 1.69 bits per heavy atom. The van der Waals surface area contributed by atoms with Crippen molar-refractivity contribution < 1.29 is 9.47 Å². The first-order valence-electron chi connectivity index (χ1n) is 10.1. The van der Waals surface area contributed by atoms with Crippen LogP contribution in [0.15, 0.2) is 76.6 Å². The van der Waals surface area contributed by atoms with Gasteiger partial charge in [0.15, 0.2) is 17.5 Å². The van der Waals surface area contributed by atoms with Gasteiger partial charge in [-0.3, -0.25) is 4.79 Å². The molecular formula is C24H29IN4O3. The molecule has 3 rings (SSSR count). The fourth-order valence-corrected chi connectivity index (χ4v) is 3.07. The van der Waals surface area contributed by atoms with Crippen LogP contribution in [0, 0.1) is 0 Å². The van der Waals surface area contributed by atoms with E-state index in [1.165, 1.54) is 0 Å². The largest absolute Gasteiger partial charge is 0.493 e. The summed E-state index contributed by atoms with van der Waals surface area (Å²) >= 11 is 0. The molecule has 0 aliphatic rings. The molecule has 1 heterocycles. The third-order valence-electron chi connectivity index (χ3n) is 4.69. The van der Waals surface area contributed by atoms with E-state index in [1.54, 1.807) is 37.1 Å². The Kier molecular flexibility index (Phi) is 10.1. The normalized spacial score (nSPS) is 10.8. The van der Waals surface area contributed by atoms with E-state index in [-0.39, 0.29) is 29.5 Å². The minimum Gasteiger partial charge on any atom is -0.493 e. The van der Waals surface area contributed by atoms with Gasteiger partial charge in [-0.2, -0.15) is 0 Å². The fourth-order valence-electron chi connectivity index (χ4n) is 3.07. The Labute approximate surface area is 205 Å². The fraction of sp³-hybridized carbons (Fsp3) is 0.250. The van der Waals surface area contributed by atoms with E-state index < -0.39 is 0 Å². The molecule has 1 aromatic heterocycles. The third-order valence-corrected chi connectivity index (χ3v) is 4.69. The van der Waals surface area contributed by atoms with Gasteiger partial charge in [-0.25, -0.2) is 4.99 Å². The maximum atomic E-state index is 11.9. The van der Waals surface area contributed by atoms with Gasteiger partial charge in [0.05, 0.1) is 27.3 Å². The van der Waals surface area contributed by atoms with Crippen molar-refractivity contribution in [3.8, 4) is 11.5 Å². The van der Waals surface area contributed by atoms with Crippen LogP contribution in [-0.2, 0) is 13.1 Å². The van der Waals surface area contributed by atoms with Crippen molar-refractivity contribution in [1.82, 2.24) is 9.88 Å². The lowest BCUT2D eigenvalue weighted by atomic mass is 10.1. The first kappa shape index (κ1) is 25.3. The van der Waals surface area contributed by atoms with E-state index in [1.807, 2.05) is 55.5 Å². The van der Waals surface area contributed by atoms with Gasteiger partial charge in [0.2, 0.25) is 0 Å². The summed E-state index contributed by atoms with van der Waals surface area (Å²) in [6, 6.07) is 18.9. The highest BCUT2D eigenvalue weighted by Gasteiger charge is 2.06. The molecule has 0 amide bonds. The summed E-state index contributed by atoms with van der Waals surface area (Å²) < 4.78 is 12.3. The van der Waals surface area contributed by atoms with Crippen molar-refractivity contribution in [3.05, 3.63) is 88.3 Å². The lowest BCUT2D eigenvalue weighted by Crippen LogP contribution is -2.30. The molecule has 0 saturated heterocycles. The van der Waals surface area contributed by atoms with Crippen molar-refractivity contribution in [2.75, 3.05) is 26.1 Å². The summed E-state index contributed by atoms with van der Waals surface area (Å²) in [5.74, 6) is 2.00. The molecule has 8 heteroatoms. The van der Waals surface area contributed by atoms with Crippen molar-refractivity contribution in [3.63, 3.8) is 0 Å². The first-order valence-corrected chi connectivity index (χ1v) is 10.1. The van der Waals surface area contributed by atoms with E-state index in [4.69, 9.17) is 9.47 Å². The Bertz CT molecular complexity index is 1080. The molecule has 0 aliphatic carbocycles. The number of nitrogens with one attached hydrogen (secondary N) is 2. The summed E-state index contributed by atoms with van der Waals surface area (Å²) in [5.41, 5.74) is 2.98. The van der Waals surface area contributed by atoms with E-state index >= 15 is 0 Å². The first-order chi connectivity index (χ1) is 15.1. The minimum absolute atomic E-state index is 0. The standard InChI is InChI=1S/C24H28N4O3.HI/c1-4-25-24(27-20-12-13-21(30-2)22(15-20)31-3)26-16-18-8-10-19(11-9-18)17-28-14-6-5-7-23(28)29;/h5-15H,4,16-17H2,1-3H3,(H2,25,26,27);1H. The summed E-state index contributed by atoms with van der Waals surface area (Å²) in [5, 5.41) is 6.54. The Hall–Kier alpha value is -3.01. The number of aromatic nitrogens is 1. The highest BCUT2D eigenvalue weighted by molar-refractivity contribution is 14.0. The number of hydrogen-bond donors (Lipinski definition) is 2. The molecule has 0 fully saturated rings. The third kappa shape index (κ3) is 7.01. The molecule has 2 aromatic carbocycles. The number of hydrogen-bond acceptors (Lipinski definition) is 4. The maximum Gasteiger partial charge on any atom is 0.250 e. The topological polar surface area (TPSA) is 76.9 Å². The smallest absolute Gasteiger partial charge is 0.250 e. The van der Waals surface area contributed by atoms with Gasteiger partial charge in [0.25, 0.3) is 5.56 Å². The Morgan fingerprint density at radius 1 is 0.969 bits per heavy atom. The predicted octanol–water partition coefficient (Wildman–Crippen LogP) is 4.11. The number of methoxy groups -OCH3 is 2. The van der Waals surface area contributed by atoms with Gasteiger partial charge >= 0.3 is 0 Å². The molecule has 0 radical (unpaired) electrons. The van der Waals surface area contributed by atoms with Crippen molar-refractivity contribution in [2.45, 2.75) is 20.0 Å². The molecule has 0 aliphatic heterocycles. The van der Waals surface area contributed by atoms with Crippen LogP contribution in [0.5, 0.6) is 11.5 Å². The number of aliphatic imine (C=N–C) groups is 1. The van der Waals surface area contributed by atoms with E-state index in [2.05, 4.69) is 15.6 Å². The second-order valence-corrected chi connectivity index (χ2v) is 6.87. The lowest BCUT2D eigenvalue weighted by Gasteiger charge is -2.14. The monoisotopic (exact) mass is 548 g/mol. The zero-order chi connectivity index (χ0) is 22.1. The summed E-state index contributed by atoms with van der Waals surface area (Å²) in [6.45, 7) is 3.83. The number of anilines is 1. The van der Waals surface area contributed by atoms with Crippen LogP contribution in [0.25, 0.3) is 0 Å². The molecule has 0 bridgehead atoms. The number of nitrogens with zero attached hydrogens (tertiary/aromatic N) is 2. The van der Waals surface area contributed by atoms with Crippen molar-refractivity contribution in [1.29, 1.82) is 0 Å². The molecule has 170 valence electrons. The quantitative estimate of drug-likeness (QED) is 0.252. The Balaban J connectivity index is 0.00000363. The van der Waals surface area contributed by atoms with Crippen LogP contribution in [-0.4, -0.2) is 31.3 Å². The predicted molar refractivity (Wildman–Crippen MR) is 140 cm³/mol. The highest BCUT2D eigenvalue weighted by Crippen LogP contribution is 2.29. The van der Waals surface area contributed by atoms with Gasteiger partial charge in [-0.05, 0) is 36.2 Å². The summed E-state index contributed by atoms with van der Waals surface area (Å²) in [6.07, 6.45) is 1.79. The number of benzene rings is 2. The maximum absolute atomic E-state index is 11.9. The minimum atomic E-state index is -0.00676. The molecule has 32 heavy (non-hydrogen) atoms. The van der Waals surface area contributed by atoms with Gasteiger partial charge in [-0.15, -0.1) is 24.0 Å². The van der Waals surface area contributed by atoms with E-state index in [0.717, 1.165) is 23.4 Å². The van der Waals surface area contributed by atoms with Crippen LogP contribution >= 0.6 is 24.0 Å². The van der Waals surface area contributed by atoms with E-state index in [0.29, 0.717) is 30.5 Å². The molecule has 3 aromatic rings. The van der Waals surface area contributed by atoms with Crippen molar-refractivity contribution >= 4 is 35.6 Å². The molecule has 0 atom stereocenters. The van der Waals surface area contributed by atoms with Crippen LogP contribution in [0.4, 0.5) is 5.69 Å². The molecular weight excluding hydrogens is 519 g/mol. The molecule has 0 unspecified atom stereocenters. The van der Waals surface area contributed by atoms with Crippen LogP contribution in [0.2, 0.25) is 0 Å². The number of halogens is 1. The number of rotatable bonds is 8. The van der Waals surface area contributed by atoms with Gasteiger partial charge in [0, 0.05) is 30.6 Å². The molecule has 7 nitrogen and oxygen atoms in total. The summed E-state index contributed by atoms with van der Waals surface area (Å²) in [4.78, 5) is 16.5. The summed E-state index contributed by atoms with van der Waals surface area (Å²) in [7, 11) is 3.22. The van der Waals surface area contributed by atoms with Gasteiger partial charge in [0.1, 0.15) is 0 Å². The van der Waals surface area contributed by atoms with Gasteiger partial charge in [-0.1, -0.05) is 30.3 Å². The number of ether oxygens (including phenoxy) is 2. The second kappa shape index (κ2) is 12.7. The van der Waals surface area contributed by atoms with Crippen LogP contribution in [0.1, 0.15) is 18.1 Å². The molecule has 2 N–H and O–H groups in total. The zero-order valence-electron chi connectivity index (χ0n) is 18.5. The molecule has 0 saturated carbocycles. The average Bonchev–Trinajstić information content (AvgIpc) is 2.80. The molecule has 0 spiro atoms. The average molecular weight is 548 g/mol. The number of pyridine rings is 1. The second-order valence-electron chi connectivity index (χ2n) is 6.87.